The van der Waals surface area contributed by atoms with Gasteiger partial charge in [0.25, 0.3) is 5.91 Å². The number of aromatic nitrogens is 2. The highest BCUT2D eigenvalue weighted by molar-refractivity contribution is 5.98. The number of piperidine rings is 1. The molecule has 0 bridgehead atoms. The first kappa shape index (κ1) is 37.3. The van der Waals surface area contributed by atoms with Crippen LogP contribution in [0.15, 0.2) is 77.6 Å². The SMILES string of the molecule is COc1ccc(C(CCN2CCC(C(=O)c3nc4ccccc4n3Cc3ccoc3)CC2)CN(C)C(=O)c2cc(OC)c(OC)c(OC)c2)cc1OC. The van der Waals surface area contributed by atoms with Crippen molar-refractivity contribution in [3.63, 3.8) is 0 Å². The van der Waals surface area contributed by atoms with Crippen molar-refractivity contribution in [1.29, 1.82) is 0 Å². The number of carbonyl (C=O) groups excluding carboxylic acids is 2. The summed E-state index contributed by atoms with van der Waals surface area (Å²) in [5.41, 5.74) is 4.19. The van der Waals surface area contributed by atoms with Gasteiger partial charge in [0.05, 0.1) is 65.7 Å². The number of ketones is 1. The quantitative estimate of drug-likeness (QED) is 0.104. The molecule has 1 aliphatic rings. The monoisotopic (exact) mass is 724 g/mol. The van der Waals surface area contributed by atoms with Gasteiger partial charge in [0.2, 0.25) is 11.5 Å². The Balaban J connectivity index is 1.15. The van der Waals surface area contributed by atoms with Crippen molar-refractivity contribution < 1.29 is 37.7 Å². The zero-order chi connectivity index (χ0) is 37.5. The number of hydrogen-bond donors (Lipinski definition) is 0. The lowest BCUT2D eigenvalue weighted by Gasteiger charge is -2.33. The number of methoxy groups -OCH3 is 5. The number of nitrogens with zero attached hydrogens (tertiary/aromatic N) is 4. The second-order valence-corrected chi connectivity index (χ2v) is 13.3. The van der Waals surface area contributed by atoms with Crippen LogP contribution in [0.3, 0.4) is 0 Å². The Hall–Kier alpha value is -5.49. The summed E-state index contributed by atoms with van der Waals surface area (Å²) in [4.78, 5) is 36.8. The fourth-order valence-electron chi connectivity index (χ4n) is 7.24. The molecule has 1 saturated heterocycles. The lowest BCUT2D eigenvalue weighted by molar-refractivity contribution is 0.0778. The van der Waals surface area contributed by atoms with Crippen molar-refractivity contribution in [2.75, 3.05) is 68.8 Å². The van der Waals surface area contributed by atoms with Crippen LogP contribution in [-0.2, 0) is 6.54 Å². The molecule has 0 aliphatic carbocycles. The average molecular weight is 725 g/mol. The summed E-state index contributed by atoms with van der Waals surface area (Å²) < 4.78 is 34.9. The minimum atomic E-state index is -0.173. The Labute approximate surface area is 310 Å². The van der Waals surface area contributed by atoms with Crippen molar-refractivity contribution in [2.45, 2.75) is 31.7 Å². The van der Waals surface area contributed by atoms with E-state index in [0.29, 0.717) is 53.2 Å². The molecule has 1 unspecified atom stereocenters. The molecular weight excluding hydrogens is 676 g/mol. The number of fused-ring (bicyclic) bond motifs is 1. The Kier molecular flexibility index (Phi) is 11.9. The summed E-state index contributed by atoms with van der Waals surface area (Å²) >= 11 is 0. The number of carbonyl (C=O) groups is 2. The van der Waals surface area contributed by atoms with Gasteiger partial charge in [0.15, 0.2) is 28.8 Å². The van der Waals surface area contributed by atoms with E-state index in [4.69, 9.17) is 33.1 Å². The fraction of sp³-hybridized carbons (Fsp3) is 0.390. The van der Waals surface area contributed by atoms with E-state index in [9.17, 15) is 9.59 Å². The van der Waals surface area contributed by atoms with Crippen molar-refractivity contribution in [1.82, 2.24) is 19.4 Å². The second-order valence-electron chi connectivity index (χ2n) is 13.3. The predicted octanol–water partition coefficient (Wildman–Crippen LogP) is 6.56. The number of hydrogen-bond acceptors (Lipinski definition) is 10. The molecule has 1 atom stereocenters. The number of rotatable bonds is 16. The number of Topliss-reactive ketones (excluding diaryl/α,β-unsaturated/α-hetero) is 1. The lowest BCUT2D eigenvalue weighted by atomic mass is 9.90. The first-order valence-corrected chi connectivity index (χ1v) is 17.8. The molecule has 0 spiro atoms. The Bertz CT molecular complexity index is 1990. The van der Waals surface area contributed by atoms with Crippen molar-refractivity contribution in [3.05, 3.63) is 95.7 Å². The van der Waals surface area contributed by atoms with Crippen LogP contribution in [-0.4, -0.2) is 99.8 Å². The first-order valence-electron chi connectivity index (χ1n) is 17.8. The smallest absolute Gasteiger partial charge is 0.253 e. The molecule has 1 amide bonds. The van der Waals surface area contributed by atoms with Gasteiger partial charge in [0.1, 0.15) is 0 Å². The van der Waals surface area contributed by atoms with E-state index in [1.54, 1.807) is 50.8 Å². The molecule has 0 saturated carbocycles. The van der Waals surface area contributed by atoms with E-state index in [-0.39, 0.29) is 23.5 Å². The lowest BCUT2D eigenvalue weighted by Crippen LogP contribution is -2.38. The third kappa shape index (κ3) is 8.12. The molecule has 6 rings (SSSR count). The van der Waals surface area contributed by atoms with Crippen LogP contribution in [0.25, 0.3) is 11.0 Å². The maximum Gasteiger partial charge on any atom is 0.253 e. The third-order valence-electron chi connectivity index (χ3n) is 10.2. The molecule has 53 heavy (non-hydrogen) atoms. The summed E-state index contributed by atoms with van der Waals surface area (Å²) in [6, 6.07) is 19.0. The highest BCUT2D eigenvalue weighted by atomic mass is 16.5. The zero-order valence-corrected chi connectivity index (χ0v) is 31.3. The number of likely N-dealkylation sites (tertiary alicyclic amines) is 1. The molecule has 12 heteroatoms. The molecular formula is C41H48N4O8. The van der Waals surface area contributed by atoms with E-state index >= 15 is 0 Å². The molecule has 0 N–H and O–H groups in total. The maximum atomic E-state index is 14.0. The van der Waals surface area contributed by atoms with Crippen molar-refractivity contribution in [2.24, 2.45) is 5.92 Å². The summed E-state index contributed by atoms with van der Waals surface area (Å²) in [5.74, 6) is 2.80. The third-order valence-corrected chi connectivity index (χ3v) is 10.2. The summed E-state index contributed by atoms with van der Waals surface area (Å²) in [7, 11) is 9.62. The topological polar surface area (TPSA) is 118 Å². The molecule has 0 radical (unpaired) electrons. The van der Waals surface area contributed by atoms with E-state index in [0.717, 1.165) is 61.1 Å². The van der Waals surface area contributed by atoms with Crippen LogP contribution < -0.4 is 23.7 Å². The number of ether oxygens (including phenoxy) is 5. The van der Waals surface area contributed by atoms with Gasteiger partial charge in [-0.1, -0.05) is 18.2 Å². The highest BCUT2D eigenvalue weighted by Crippen LogP contribution is 2.39. The van der Waals surface area contributed by atoms with Crippen LogP contribution >= 0.6 is 0 Å². The van der Waals surface area contributed by atoms with Gasteiger partial charge in [-0.15, -0.1) is 0 Å². The van der Waals surface area contributed by atoms with Crippen LogP contribution in [0.1, 0.15) is 57.3 Å². The molecule has 1 aliphatic heterocycles. The van der Waals surface area contributed by atoms with Crippen LogP contribution in [0.2, 0.25) is 0 Å². The van der Waals surface area contributed by atoms with Gasteiger partial charge in [0, 0.05) is 36.6 Å². The highest BCUT2D eigenvalue weighted by Gasteiger charge is 2.31. The zero-order valence-electron chi connectivity index (χ0n) is 31.3. The minimum Gasteiger partial charge on any atom is -0.493 e. The van der Waals surface area contributed by atoms with Crippen LogP contribution in [0.5, 0.6) is 28.7 Å². The van der Waals surface area contributed by atoms with E-state index in [1.807, 2.05) is 53.1 Å². The molecule has 5 aromatic rings. The maximum absolute atomic E-state index is 14.0. The molecule has 12 nitrogen and oxygen atoms in total. The van der Waals surface area contributed by atoms with Crippen LogP contribution in [0, 0.1) is 5.92 Å². The largest absolute Gasteiger partial charge is 0.493 e. The summed E-state index contributed by atoms with van der Waals surface area (Å²) in [5, 5.41) is 0. The Morgan fingerprint density at radius 1 is 0.868 bits per heavy atom. The Morgan fingerprint density at radius 2 is 1.57 bits per heavy atom. The molecule has 2 aromatic heterocycles. The van der Waals surface area contributed by atoms with Gasteiger partial charge in [-0.3, -0.25) is 9.59 Å². The van der Waals surface area contributed by atoms with E-state index in [2.05, 4.69) is 4.90 Å². The Morgan fingerprint density at radius 3 is 2.21 bits per heavy atom. The molecule has 1 fully saturated rings. The van der Waals surface area contributed by atoms with Crippen molar-refractivity contribution >= 4 is 22.7 Å². The van der Waals surface area contributed by atoms with Gasteiger partial charge in [-0.2, -0.15) is 0 Å². The second kappa shape index (κ2) is 16.9. The van der Waals surface area contributed by atoms with Crippen LogP contribution in [0.4, 0.5) is 0 Å². The van der Waals surface area contributed by atoms with Crippen molar-refractivity contribution in [3.8, 4) is 28.7 Å². The normalized spacial score (nSPS) is 14.2. The minimum absolute atomic E-state index is 0.0204. The van der Waals surface area contributed by atoms with Gasteiger partial charge in [-0.05, 0) is 86.9 Å². The van der Waals surface area contributed by atoms with Gasteiger partial charge < -0.3 is 42.5 Å². The number of furan rings is 1. The summed E-state index contributed by atoms with van der Waals surface area (Å²) in [6.07, 6.45) is 5.62. The number of para-hydroxylation sites is 2. The number of imidazole rings is 1. The standard InChI is InChI=1S/C41H48N4O8/c1-43(41(47)31-22-36(50-4)39(52-6)37(23-31)51-5)25-30(29-11-12-34(48-2)35(21-29)49-3)15-19-44-17-13-28(14-18-44)38(46)40-42-32-9-7-8-10-33(32)45(40)24-27-16-20-53-26-27/h7-12,16,20-23,26,28,30H,13-15,17-19,24-25H2,1-6H3. The predicted molar refractivity (Wildman–Crippen MR) is 201 cm³/mol. The van der Waals surface area contributed by atoms with E-state index < -0.39 is 0 Å². The average Bonchev–Trinajstić information content (AvgIpc) is 3.86. The number of benzene rings is 3. The van der Waals surface area contributed by atoms with Gasteiger partial charge in [-0.25, -0.2) is 4.98 Å². The summed E-state index contributed by atoms with van der Waals surface area (Å²) in [6.45, 7) is 3.34. The molecule has 3 heterocycles. The van der Waals surface area contributed by atoms with Gasteiger partial charge >= 0.3 is 0 Å². The first-order chi connectivity index (χ1) is 25.8. The molecule has 280 valence electrons. The molecule has 3 aromatic carbocycles. The number of likely N-dealkylation sites (N-methyl/N-ethyl adjacent to an activating group) is 1. The fourth-order valence-corrected chi connectivity index (χ4v) is 7.24. The van der Waals surface area contributed by atoms with E-state index in [1.165, 1.54) is 21.3 Å². The number of amides is 1.